The summed E-state index contributed by atoms with van der Waals surface area (Å²) in [4.78, 5) is 1.96. The number of rotatable bonds is 1. The maximum Gasteiger partial charge on any atom is 0.0586 e. The molecule has 2 nitrogen and oxygen atoms in total. The van der Waals surface area contributed by atoms with Crippen LogP contribution in [0.2, 0.25) is 0 Å². The fourth-order valence-electron chi connectivity index (χ4n) is 1.10. The first-order valence-corrected chi connectivity index (χ1v) is 3.02. The van der Waals surface area contributed by atoms with Gasteiger partial charge in [-0.05, 0) is 19.4 Å². The standard InChI is InChI=1S/C6H12NO/c1-7-4-2-3-6(7)5-8/h6,8H,1-5H2/t6-/m1/s1. The van der Waals surface area contributed by atoms with Crippen molar-refractivity contribution in [3.63, 3.8) is 0 Å². The van der Waals surface area contributed by atoms with Crippen molar-refractivity contribution in [2.75, 3.05) is 13.2 Å². The quantitative estimate of drug-likeness (QED) is 0.527. The fraction of sp³-hybridized carbons (Fsp3) is 0.833. The number of likely N-dealkylation sites (tertiary alicyclic amines) is 1. The topological polar surface area (TPSA) is 23.5 Å². The maximum absolute atomic E-state index is 8.65. The minimum absolute atomic E-state index is 0.267. The van der Waals surface area contributed by atoms with E-state index in [-0.39, 0.29) is 6.61 Å². The molecule has 1 rings (SSSR count). The van der Waals surface area contributed by atoms with Crippen LogP contribution >= 0.6 is 0 Å². The van der Waals surface area contributed by atoms with Gasteiger partial charge in [0.05, 0.1) is 6.61 Å². The van der Waals surface area contributed by atoms with Crippen LogP contribution < -0.4 is 0 Å². The predicted molar refractivity (Wildman–Crippen MR) is 32.2 cm³/mol. The van der Waals surface area contributed by atoms with Gasteiger partial charge in [-0.3, -0.25) is 4.90 Å². The Bertz CT molecular complexity index is 74.9. The van der Waals surface area contributed by atoms with Crippen molar-refractivity contribution in [3.05, 3.63) is 7.05 Å². The summed E-state index contributed by atoms with van der Waals surface area (Å²) in [5, 5.41) is 8.65. The maximum atomic E-state index is 8.65. The molecule has 0 bridgehead atoms. The van der Waals surface area contributed by atoms with Crippen molar-refractivity contribution in [2.45, 2.75) is 18.9 Å². The van der Waals surface area contributed by atoms with Crippen LogP contribution in [0.4, 0.5) is 0 Å². The zero-order valence-corrected chi connectivity index (χ0v) is 5.01. The van der Waals surface area contributed by atoms with E-state index in [2.05, 4.69) is 7.05 Å². The van der Waals surface area contributed by atoms with Gasteiger partial charge >= 0.3 is 0 Å². The lowest BCUT2D eigenvalue weighted by Gasteiger charge is -2.14. The zero-order chi connectivity index (χ0) is 5.98. The molecule has 47 valence electrons. The summed E-state index contributed by atoms with van der Waals surface area (Å²) in [5.41, 5.74) is 0. The third-order valence-electron chi connectivity index (χ3n) is 1.71. The Balaban J connectivity index is 2.30. The summed E-state index contributed by atoms with van der Waals surface area (Å²) in [6.07, 6.45) is 2.30. The van der Waals surface area contributed by atoms with Gasteiger partial charge in [-0.25, -0.2) is 0 Å². The Kier molecular flexibility index (Phi) is 1.86. The van der Waals surface area contributed by atoms with Crippen molar-refractivity contribution in [1.29, 1.82) is 0 Å². The van der Waals surface area contributed by atoms with Crippen molar-refractivity contribution in [2.24, 2.45) is 0 Å². The van der Waals surface area contributed by atoms with Gasteiger partial charge in [0.1, 0.15) is 0 Å². The van der Waals surface area contributed by atoms with E-state index in [9.17, 15) is 0 Å². The van der Waals surface area contributed by atoms with E-state index < -0.39 is 0 Å². The lowest BCUT2D eigenvalue weighted by molar-refractivity contribution is 0.194. The van der Waals surface area contributed by atoms with Gasteiger partial charge in [-0.1, -0.05) is 0 Å². The number of nitrogens with zero attached hydrogens (tertiary/aromatic N) is 1. The van der Waals surface area contributed by atoms with Crippen molar-refractivity contribution < 1.29 is 5.11 Å². The van der Waals surface area contributed by atoms with E-state index in [1.807, 2.05) is 4.90 Å². The van der Waals surface area contributed by atoms with E-state index in [1.54, 1.807) is 0 Å². The first-order valence-electron chi connectivity index (χ1n) is 3.02. The van der Waals surface area contributed by atoms with Gasteiger partial charge in [-0.15, -0.1) is 0 Å². The Hall–Kier alpha value is -0.0800. The highest BCUT2D eigenvalue weighted by Gasteiger charge is 2.18. The molecule has 0 spiro atoms. The molecule has 1 radical (unpaired) electrons. The summed E-state index contributed by atoms with van der Waals surface area (Å²) >= 11 is 0. The molecule has 0 aromatic carbocycles. The van der Waals surface area contributed by atoms with E-state index in [4.69, 9.17) is 5.11 Å². The molecule has 1 fully saturated rings. The van der Waals surface area contributed by atoms with Crippen molar-refractivity contribution >= 4 is 0 Å². The molecule has 0 amide bonds. The van der Waals surface area contributed by atoms with Gasteiger partial charge in [0.2, 0.25) is 0 Å². The monoisotopic (exact) mass is 114 g/mol. The highest BCUT2D eigenvalue weighted by molar-refractivity contribution is 4.76. The van der Waals surface area contributed by atoms with Crippen LogP contribution in [0.15, 0.2) is 0 Å². The molecular formula is C6H12NO. The number of aliphatic hydroxyl groups excluding tert-OH is 1. The minimum atomic E-state index is 0.267. The molecule has 1 saturated heterocycles. The lowest BCUT2D eigenvalue weighted by Crippen LogP contribution is -2.25. The molecule has 2 heteroatoms. The Morgan fingerprint density at radius 1 is 1.75 bits per heavy atom. The molecule has 0 saturated carbocycles. The van der Waals surface area contributed by atoms with Crippen LogP contribution in [0.5, 0.6) is 0 Å². The second-order valence-corrected chi connectivity index (χ2v) is 2.29. The summed E-state index contributed by atoms with van der Waals surface area (Å²) < 4.78 is 0. The molecular weight excluding hydrogens is 102 g/mol. The predicted octanol–water partition coefficient (Wildman–Crippen LogP) is 0.235. The van der Waals surface area contributed by atoms with E-state index in [0.29, 0.717) is 6.04 Å². The summed E-state index contributed by atoms with van der Waals surface area (Å²) in [5.74, 6) is 0. The third kappa shape index (κ3) is 1.01. The fourth-order valence-corrected chi connectivity index (χ4v) is 1.10. The van der Waals surface area contributed by atoms with Crippen LogP contribution in [0.25, 0.3) is 0 Å². The van der Waals surface area contributed by atoms with Crippen molar-refractivity contribution in [3.8, 4) is 0 Å². The summed E-state index contributed by atoms with van der Waals surface area (Å²) in [6, 6.07) is 0.343. The minimum Gasteiger partial charge on any atom is -0.395 e. The summed E-state index contributed by atoms with van der Waals surface area (Å²) in [6.45, 7) is 1.31. The van der Waals surface area contributed by atoms with E-state index >= 15 is 0 Å². The van der Waals surface area contributed by atoms with Crippen LogP contribution in [0.3, 0.4) is 0 Å². The van der Waals surface area contributed by atoms with Crippen LogP contribution in [-0.2, 0) is 0 Å². The van der Waals surface area contributed by atoms with Crippen molar-refractivity contribution in [1.82, 2.24) is 4.90 Å². The molecule has 0 aromatic heterocycles. The highest BCUT2D eigenvalue weighted by Crippen LogP contribution is 2.13. The lowest BCUT2D eigenvalue weighted by atomic mass is 10.2. The molecule has 1 aliphatic rings. The summed E-state index contributed by atoms with van der Waals surface area (Å²) in [7, 11) is 3.76. The zero-order valence-electron chi connectivity index (χ0n) is 5.01. The van der Waals surface area contributed by atoms with Crippen LogP contribution in [0, 0.1) is 7.05 Å². The van der Waals surface area contributed by atoms with Gasteiger partial charge in [-0.2, -0.15) is 0 Å². The van der Waals surface area contributed by atoms with Gasteiger partial charge in [0, 0.05) is 13.1 Å². The molecule has 8 heavy (non-hydrogen) atoms. The molecule has 1 atom stereocenters. The molecule has 0 aromatic rings. The highest BCUT2D eigenvalue weighted by atomic mass is 16.3. The second-order valence-electron chi connectivity index (χ2n) is 2.29. The van der Waals surface area contributed by atoms with Crippen LogP contribution in [0.1, 0.15) is 12.8 Å². The Morgan fingerprint density at radius 3 is 2.75 bits per heavy atom. The largest absolute Gasteiger partial charge is 0.395 e. The normalized spacial score (nSPS) is 31.5. The molecule has 1 aliphatic heterocycles. The van der Waals surface area contributed by atoms with Gasteiger partial charge in [0.25, 0.3) is 0 Å². The van der Waals surface area contributed by atoms with E-state index in [0.717, 1.165) is 13.0 Å². The average molecular weight is 114 g/mol. The molecule has 1 N–H and O–H groups in total. The molecule has 1 heterocycles. The van der Waals surface area contributed by atoms with Crippen LogP contribution in [-0.4, -0.2) is 29.2 Å². The molecule has 0 unspecified atom stereocenters. The Morgan fingerprint density at radius 2 is 2.50 bits per heavy atom. The smallest absolute Gasteiger partial charge is 0.0586 e. The second kappa shape index (κ2) is 2.46. The Labute approximate surface area is 50.1 Å². The first kappa shape index (κ1) is 6.05. The number of aliphatic hydroxyl groups is 1. The van der Waals surface area contributed by atoms with E-state index in [1.165, 1.54) is 6.42 Å². The molecule has 0 aliphatic carbocycles. The third-order valence-corrected chi connectivity index (χ3v) is 1.71. The SMILES string of the molecule is [CH2]N1CCC[C@@H]1CO. The average Bonchev–Trinajstić information content (AvgIpc) is 2.14. The van der Waals surface area contributed by atoms with Gasteiger partial charge < -0.3 is 5.11 Å². The first-order chi connectivity index (χ1) is 3.84. The number of hydrogen-bond donors (Lipinski definition) is 1. The van der Waals surface area contributed by atoms with Gasteiger partial charge in [0.15, 0.2) is 0 Å². The number of hydrogen-bond acceptors (Lipinski definition) is 2.